The molecule has 0 aliphatic rings. The molecule has 0 aliphatic carbocycles. The molecule has 4 aromatic heterocycles. The van der Waals surface area contributed by atoms with Crippen LogP contribution < -0.4 is 0 Å². The summed E-state index contributed by atoms with van der Waals surface area (Å²) in [4.78, 5) is 5.16. The van der Waals surface area contributed by atoms with Gasteiger partial charge in [0.1, 0.15) is 16.8 Å². The first kappa shape index (κ1) is 20.5. The molecule has 10 rings (SSSR count). The van der Waals surface area contributed by atoms with Gasteiger partial charge in [-0.1, -0.05) is 84.9 Å². The van der Waals surface area contributed by atoms with Crippen LogP contribution in [0.25, 0.3) is 93.0 Å². The lowest BCUT2D eigenvalue weighted by Crippen LogP contribution is -1.86. The second-order valence-corrected chi connectivity index (χ2v) is 10.8. The van der Waals surface area contributed by atoms with Gasteiger partial charge in [-0.15, -0.1) is 0 Å². The normalized spacial score (nSPS) is 12.5. The monoisotopic (exact) mass is 508 g/mol. The van der Waals surface area contributed by atoms with Crippen LogP contribution >= 0.6 is 0 Å². The maximum Gasteiger partial charge on any atom is 0.146 e. The summed E-state index contributed by atoms with van der Waals surface area (Å²) in [5, 5.41) is 10.9. The number of rotatable bonds is 1. The van der Waals surface area contributed by atoms with Crippen molar-refractivity contribution < 1.29 is 4.42 Å². The van der Waals surface area contributed by atoms with Crippen molar-refractivity contribution in [1.82, 2.24) is 9.38 Å². The van der Waals surface area contributed by atoms with Crippen LogP contribution in [0.15, 0.2) is 126 Å². The Hall–Kier alpha value is -5.41. The molecular weight excluding hydrogens is 488 g/mol. The van der Waals surface area contributed by atoms with Crippen molar-refractivity contribution in [1.29, 1.82) is 0 Å². The van der Waals surface area contributed by atoms with Gasteiger partial charge in [-0.05, 0) is 58.3 Å². The molecule has 0 atom stereocenters. The predicted octanol–water partition coefficient (Wildman–Crippen LogP) is 10.1. The highest BCUT2D eigenvalue weighted by Crippen LogP contribution is 2.45. The molecule has 0 amide bonds. The van der Waals surface area contributed by atoms with E-state index in [0.29, 0.717) is 0 Å². The fourth-order valence-corrected chi connectivity index (χ4v) is 6.98. The summed E-state index contributed by atoms with van der Waals surface area (Å²) in [5.74, 6) is 0. The summed E-state index contributed by atoms with van der Waals surface area (Å²) in [7, 11) is 0. The Morgan fingerprint density at radius 2 is 1.32 bits per heavy atom. The molecule has 0 spiro atoms. The number of nitrogens with zero attached hydrogens (tertiary/aromatic N) is 2. The van der Waals surface area contributed by atoms with E-state index in [9.17, 15) is 0 Å². The molecule has 0 aliphatic heterocycles. The van der Waals surface area contributed by atoms with Crippen molar-refractivity contribution in [3.8, 4) is 11.1 Å². The second kappa shape index (κ2) is 7.16. The molecule has 0 saturated carbocycles. The van der Waals surface area contributed by atoms with Crippen LogP contribution in [0.4, 0.5) is 0 Å². The van der Waals surface area contributed by atoms with Crippen LogP contribution in [0.5, 0.6) is 0 Å². The summed E-state index contributed by atoms with van der Waals surface area (Å²) in [6.07, 6.45) is 0. The fraction of sp³-hybridized carbons (Fsp3) is 0. The molecule has 0 N–H and O–H groups in total. The van der Waals surface area contributed by atoms with Gasteiger partial charge >= 0.3 is 0 Å². The number of pyridine rings is 1. The summed E-state index contributed by atoms with van der Waals surface area (Å²) in [6.45, 7) is 0. The standard InChI is InChI=1S/C37H20N2O/c1-3-10-24-21(7-1)9-5-11-25(24)22-15-16-27-33(20-22)40-32-18-17-31-34(35(27)32)28-13-6-12-26-29-19-23-8-2-4-14-30(23)38-37(29)39(31)36(26)28/h1-20H. The number of furan rings is 1. The van der Waals surface area contributed by atoms with Gasteiger partial charge in [-0.2, -0.15) is 0 Å². The van der Waals surface area contributed by atoms with Crippen molar-refractivity contribution in [2.45, 2.75) is 0 Å². The van der Waals surface area contributed by atoms with Gasteiger partial charge in [0.05, 0.1) is 16.6 Å². The quantitative estimate of drug-likeness (QED) is 0.221. The first-order valence-corrected chi connectivity index (χ1v) is 13.6. The van der Waals surface area contributed by atoms with Gasteiger partial charge < -0.3 is 4.42 Å². The van der Waals surface area contributed by atoms with Crippen molar-refractivity contribution >= 4 is 81.8 Å². The molecule has 4 heterocycles. The van der Waals surface area contributed by atoms with Crippen molar-refractivity contribution in [3.05, 3.63) is 121 Å². The minimum Gasteiger partial charge on any atom is -0.456 e. The lowest BCUT2D eigenvalue weighted by molar-refractivity contribution is 0.669. The van der Waals surface area contributed by atoms with E-state index >= 15 is 0 Å². The minimum absolute atomic E-state index is 0.909. The van der Waals surface area contributed by atoms with E-state index in [1.165, 1.54) is 54.2 Å². The third kappa shape index (κ3) is 2.48. The maximum absolute atomic E-state index is 6.54. The number of hydrogen-bond acceptors (Lipinski definition) is 2. The third-order valence-corrected chi connectivity index (χ3v) is 8.69. The summed E-state index contributed by atoms with van der Waals surface area (Å²) < 4.78 is 8.90. The molecule has 0 bridgehead atoms. The molecule has 10 aromatic rings. The van der Waals surface area contributed by atoms with Gasteiger partial charge in [0.15, 0.2) is 0 Å². The fourth-order valence-electron chi connectivity index (χ4n) is 6.98. The molecule has 0 radical (unpaired) electrons. The SMILES string of the molecule is c1ccc2nc3c(cc2c1)c1cccc2c4c5c(ccc4n3c12)oc1cc(-c2cccc3ccccc23)ccc15. The summed E-state index contributed by atoms with van der Waals surface area (Å²) in [5.41, 5.74) is 8.61. The summed E-state index contributed by atoms with van der Waals surface area (Å²) >= 11 is 0. The zero-order chi connectivity index (χ0) is 25.9. The highest BCUT2D eigenvalue weighted by Gasteiger charge is 2.22. The topological polar surface area (TPSA) is 30.4 Å². The first-order valence-electron chi connectivity index (χ1n) is 13.6. The Morgan fingerprint density at radius 1 is 0.525 bits per heavy atom. The maximum atomic E-state index is 6.54. The zero-order valence-corrected chi connectivity index (χ0v) is 21.3. The van der Waals surface area contributed by atoms with Gasteiger partial charge in [-0.25, -0.2) is 4.98 Å². The number of aromatic nitrogens is 2. The van der Waals surface area contributed by atoms with Crippen LogP contribution in [0.3, 0.4) is 0 Å². The van der Waals surface area contributed by atoms with Crippen LogP contribution in [-0.4, -0.2) is 9.38 Å². The molecule has 3 heteroatoms. The molecule has 184 valence electrons. The second-order valence-electron chi connectivity index (χ2n) is 10.8. The molecular formula is C37H20N2O. The van der Waals surface area contributed by atoms with E-state index < -0.39 is 0 Å². The highest BCUT2D eigenvalue weighted by molar-refractivity contribution is 6.32. The molecule has 0 fully saturated rings. The summed E-state index contributed by atoms with van der Waals surface area (Å²) in [6, 6.07) is 43.3. The lowest BCUT2D eigenvalue weighted by Gasteiger charge is -2.07. The van der Waals surface area contributed by atoms with Gasteiger partial charge in [0.2, 0.25) is 0 Å². The minimum atomic E-state index is 0.909. The molecule has 3 nitrogen and oxygen atoms in total. The smallest absolute Gasteiger partial charge is 0.146 e. The van der Waals surface area contributed by atoms with Crippen molar-refractivity contribution in [3.63, 3.8) is 0 Å². The van der Waals surface area contributed by atoms with Gasteiger partial charge in [0.25, 0.3) is 0 Å². The van der Waals surface area contributed by atoms with E-state index in [2.05, 4.69) is 126 Å². The zero-order valence-electron chi connectivity index (χ0n) is 21.3. The number of fused-ring (bicyclic) bond motifs is 12. The average Bonchev–Trinajstić information content (AvgIpc) is 3.65. The Labute approximate surface area is 227 Å². The van der Waals surface area contributed by atoms with E-state index in [1.807, 2.05) is 0 Å². The van der Waals surface area contributed by atoms with Crippen LogP contribution in [0.2, 0.25) is 0 Å². The first-order chi connectivity index (χ1) is 19.8. The van der Waals surface area contributed by atoms with Crippen LogP contribution in [0.1, 0.15) is 0 Å². The van der Waals surface area contributed by atoms with E-state index in [4.69, 9.17) is 9.40 Å². The van der Waals surface area contributed by atoms with E-state index in [1.54, 1.807) is 0 Å². The van der Waals surface area contributed by atoms with Crippen LogP contribution in [-0.2, 0) is 0 Å². The van der Waals surface area contributed by atoms with E-state index in [-0.39, 0.29) is 0 Å². The van der Waals surface area contributed by atoms with Crippen molar-refractivity contribution in [2.24, 2.45) is 0 Å². The van der Waals surface area contributed by atoms with E-state index in [0.717, 1.165) is 38.8 Å². The predicted molar refractivity (Wildman–Crippen MR) is 167 cm³/mol. The third-order valence-electron chi connectivity index (χ3n) is 8.69. The average molecular weight is 509 g/mol. The number of hydrogen-bond donors (Lipinski definition) is 0. The largest absolute Gasteiger partial charge is 0.456 e. The van der Waals surface area contributed by atoms with Gasteiger partial charge in [-0.3, -0.25) is 4.40 Å². The molecule has 40 heavy (non-hydrogen) atoms. The van der Waals surface area contributed by atoms with Crippen molar-refractivity contribution in [2.75, 3.05) is 0 Å². The van der Waals surface area contributed by atoms with Crippen LogP contribution in [0, 0.1) is 0 Å². The Bertz CT molecular complexity index is 2650. The Morgan fingerprint density at radius 3 is 2.30 bits per heavy atom. The molecule has 6 aromatic carbocycles. The molecule has 0 unspecified atom stereocenters. The molecule has 0 saturated heterocycles. The lowest BCUT2D eigenvalue weighted by atomic mass is 9.97. The highest BCUT2D eigenvalue weighted by atomic mass is 16.3. The number of benzene rings is 6. The Balaban J connectivity index is 1.32. The van der Waals surface area contributed by atoms with Gasteiger partial charge in [0, 0.05) is 37.7 Å². The Kier molecular flexibility index (Phi) is 3.68. The number of para-hydroxylation sites is 2.